The normalized spacial score (nSPS) is 37.5. The molecule has 114 valence electrons. The summed E-state index contributed by atoms with van der Waals surface area (Å²) < 4.78 is 0. The van der Waals surface area contributed by atoms with E-state index < -0.39 is 0 Å². The van der Waals surface area contributed by atoms with E-state index in [0.717, 1.165) is 49.9 Å². The summed E-state index contributed by atoms with van der Waals surface area (Å²) in [5.41, 5.74) is 5.86. The first-order valence-corrected chi connectivity index (χ1v) is 8.08. The smallest absolute Gasteiger partial charge is 0.108 e. The Balaban J connectivity index is 1.44. The number of likely N-dealkylation sites (N-methyl/N-ethyl adjacent to an activating group) is 1. The summed E-state index contributed by atoms with van der Waals surface area (Å²) in [7, 11) is 2.24. The van der Waals surface area contributed by atoms with Gasteiger partial charge < -0.3 is 16.0 Å². The second-order valence-electron chi connectivity index (χ2n) is 6.91. The van der Waals surface area contributed by atoms with Crippen molar-refractivity contribution in [1.82, 2.24) is 15.1 Å². The van der Waals surface area contributed by atoms with E-state index in [1.165, 1.54) is 25.9 Å². The molecular weight excluding hydrogens is 250 g/mol. The van der Waals surface area contributed by atoms with E-state index in [4.69, 9.17) is 5.73 Å². The first-order valence-electron chi connectivity index (χ1n) is 8.08. The maximum atomic E-state index is 5.86. The predicted molar refractivity (Wildman–Crippen MR) is 83.0 cm³/mol. The van der Waals surface area contributed by atoms with Crippen molar-refractivity contribution < 1.29 is 0 Å². The van der Waals surface area contributed by atoms with Crippen LogP contribution in [0.2, 0.25) is 0 Å². The first-order chi connectivity index (χ1) is 9.63. The summed E-state index contributed by atoms with van der Waals surface area (Å²) in [6, 6.07) is 1.36. The van der Waals surface area contributed by atoms with Crippen LogP contribution in [0.15, 0.2) is 4.99 Å². The topological polar surface area (TPSA) is 56.9 Å². The van der Waals surface area contributed by atoms with E-state index in [1.807, 2.05) is 0 Å². The maximum Gasteiger partial charge on any atom is 0.108 e. The monoisotopic (exact) mass is 279 g/mol. The lowest BCUT2D eigenvalue weighted by Crippen LogP contribution is -2.50. The molecule has 3 unspecified atom stereocenters. The van der Waals surface area contributed by atoms with Gasteiger partial charge in [-0.3, -0.25) is 9.89 Å². The summed E-state index contributed by atoms with van der Waals surface area (Å²) in [5.74, 6) is 2.62. The molecule has 0 radical (unpaired) electrons. The average Bonchev–Trinajstić information content (AvgIpc) is 3.18. The van der Waals surface area contributed by atoms with E-state index in [2.05, 4.69) is 34.1 Å². The largest absolute Gasteiger partial charge is 0.386 e. The van der Waals surface area contributed by atoms with Gasteiger partial charge in [0.1, 0.15) is 5.84 Å². The molecule has 2 fully saturated rings. The number of nitrogens with one attached hydrogen (secondary N) is 1. The molecule has 0 spiro atoms. The number of rotatable bonds is 4. The summed E-state index contributed by atoms with van der Waals surface area (Å²) in [6.45, 7) is 8.73. The van der Waals surface area contributed by atoms with Gasteiger partial charge in [-0.05, 0) is 38.6 Å². The van der Waals surface area contributed by atoms with E-state index in [0.29, 0.717) is 6.04 Å². The number of piperazine rings is 1. The third-order valence-corrected chi connectivity index (χ3v) is 5.24. The van der Waals surface area contributed by atoms with Gasteiger partial charge in [-0.2, -0.15) is 0 Å². The maximum absolute atomic E-state index is 5.86. The van der Waals surface area contributed by atoms with Gasteiger partial charge in [-0.25, -0.2) is 0 Å². The third-order valence-electron chi connectivity index (χ3n) is 5.24. The van der Waals surface area contributed by atoms with Gasteiger partial charge in [0.05, 0.1) is 13.1 Å². The van der Waals surface area contributed by atoms with Gasteiger partial charge in [0.25, 0.3) is 0 Å². The number of hydrogen-bond acceptors (Lipinski definition) is 5. The van der Waals surface area contributed by atoms with Gasteiger partial charge in [-0.15, -0.1) is 0 Å². The quantitative estimate of drug-likeness (QED) is 0.759. The SMILES string of the molecule is CC(CC1CC1[C@@H]1CN(C)CCN1)N1CCN=C(N)C1. The Morgan fingerprint density at radius 3 is 3.05 bits per heavy atom. The third kappa shape index (κ3) is 3.32. The van der Waals surface area contributed by atoms with Gasteiger partial charge >= 0.3 is 0 Å². The molecule has 1 aliphatic carbocycles. The number of hydrogen-bond donors (Lipinski definition) is 2. The molecule has 5 heteroatoms. The molecule has 0 bridgehead atoms. The van der Waals surface area contributed by atoms with Crippen LogP contribution in [-0.2, 0) is 0 Å². The summed E-state index contributed by atoms with van der Waals surface area (Å²) in [4.78, 5) is 9.25. The summed E-state index contributed by atoms with van der Waals surface area (Å²) >= 11 is 0. The molecule has 0 amide bonds. The van der Waals surface area contributed by atoms with Crippen LogP contribution >= 0.6 is 0 Å². The average molecular weight is 279 g/mol. The summed E-state index contributed by atoms with van der Waals surface area (Å²) in [5, 5.41) is 3.71. The Morgan fingerprint density at radius 1 is 1.45 bits per heavy atom. The van der Waals surface area contributed by atoms with Crippen molar-refractivity contribution in [2.24, 2.45) is 22.6 Å². The van der Waals surface area contributed by atoms with Gasteiger partial charge in [0.15, 0.2) is 0 Å². The Kier molecular flexibility index (Phi) is 4.29. The molecule has 5 nitrogen and oxygen atoms in total. The van der Waals surface area contributed by atoms with E-state index in [1.54, 1.807) is 0 Å². The zero-order valence-electron chi connectivity index (χ0n) is 12.9. The molecule has 1 saturated carbocycles. The Morgan fingerprint density at radius 2 is 2.30 bits per heavy atom. The van der Waals surface area contributed by atoms with Crippen molar-refractivity contribution in [3.05, 3.63) is 0 Å². The van der Waals surface area contributed by atoms with Gasteiger partial charge in [-0.1, -0.05) is 0 Å². The van der Waals surface area contributed by atoms with Crippen molar-refractivity contribution in [3.63, 3.8) is 0 Å². The van der Waals surface area contributed by atoms with E-state index in [-0.39, 0.29) is 0 Å². The Labute approximate surface area is 122 Å². The van der Waals surface area contributed by atoms with Crippen LogP contribution in [0.1, 0.15) is 19.8 Å². The molecule has 2 heterocycles. The fourth-order valence-corrected chi connectivity index (χ4v) is 3.88. The van der Waals surface area contributed by atoms with Crippen LogP contribution < -0.4 is 11.1 Å². The number of nitrogens with zero attached hydrogens (tertiary/aromatic N) is 3. The lowest BCUT2D eigenvalue weighted by atomic mass is 10.0. The second kappa shape index (κ2) is 6.00. The first kappa shape index (κ1) is 14.3. The van der Waals surface area contributed by atoms with Crippen molar-refractivity contribution in [1.29, 1.82) is 0 Å². The molecule has 3 aliphatic rings. The minimum Gasteiger partial charge on any atom is -0.386 e. The Hall–Kier alpha value is -0.650. The zero-order valence-corrected chi connectivity index (χ0v) is 12.9. The lowest BCUT2D eigenvalue weighted by molar-refractivity contribution is 0.200. The zero-order chi connectivity index (χ0) is 14.1. The van der Waals surface area contributed by atoms with Crippen LogP contribution in [0.3, 0.4) is 0 Å². The fourth-order valence-electron chi connectivity index (χ4n) is 3.88. The number of nitrogens with two attached hydrogens (primary N) is 1. The number of aliphatic imine (C=N–C) groups is 1. The van der Waals surface area contributed by atoms with Crippen molar-refractivity contribution in [2.75, 3.05) is 46.3 Å². The summed E-state index contributed by atoms with van der Waals surface area (Å²) in [6.07, 6.45) is 2.73. The molecule has 3 N–H and O–H groups in total. The van der Waals surface area contributed by atoms with Crippen molar-refractivity contribution >= 4 is 5.84 Å². The van der Waals surface area contributed by atoms with Crippen LogP contribution in [0.4, 0.5) is 0 Å². The number of amidine groups is 1. The van der Waals surface area contributed by atoms with Crippen LogP contribution in [0.25, 0.3) is 0 Å². The minimum absolute atomic E-state index is 0.639. The molecule has 0 aromatic rings. The Bertz CT molecular complexity index is 369. The van der Waals surface area contributed by atoms with Crippen LogP contribution in [-0.4, -0.2) is 74.0 Å². The van der Waals surface area contributed by atoms with Crippen molar-refractivity contribution in [3.8, 4) is 0 Å². The molecule has 20 heavy (non-hydrogen) atoms. The van der Waals surface area contributed by atoms with Crippen LogP contribution in [0.5, 0.6) is 0 Å². The fraction of sp³-hybridized carbons (Fsp3) is 0.933. The van der Waals surface area contributed by atoms with Crippen molar-refractivity contribution in [2.45, 2.75) is 31.8 Å². The molecular formula is C15H29N5. The predicted octanol–water partition coefficient (Wildman–Crippen LogP) is -0.0225. The highest BCUT2D eigenvalue weighted by molar-refractivity contribution is 5.82. The molecule has 0 aromatic heterocycles. The van der Waals surface area contributed by atoms with Gasteiger partial charge in [0.2, 0.25) is 0 Å². The molecule has 4 atom stereocenters. The highest BCUT2D eigenvalue weighted by Crippen LogP contribution is 2.45. The van der Waals surface area contributed by atoms with E-state index in [9.17, 15) is 0 Å². The molecule has 1 saturated heterocycles. The lowest BCUT2D eigenvalue weighted by Gasteiger charge is -2.33. The highest BCUT2D eigenvalue weighted by atomic mass is 15.2. The molecule has 0 aromatic carbocycles. The van der Waals surface area contributed by atoms with E-state index >= 15 is 0 Å². The van der Waals surface area contributed by atoms with Gasteiger partial charge in [0, 0.05) is 38.3 Å². The standard InChI is InChI=1S/C15H29N5/c1-11(20-6-4-18-15(16)10-20)7-12-8-13(12)14-9-19(2)5-3-17-14/h11-14,17H,3-10H2,1-2H3,(H2,16,18)/t11?,12?,13?,14-/m0/s1. The highest BCUT2D eigenvalue weighted by Gasteiger charge is 2.44. The second-order valence-corrected chi connectivity index (χ2v) is 6.91. The molecule has 2 aliphatic heterocycles. The minimum atomic E-state index is 0.639. The van der Waals surface area contributed by atoms with Crippen LogP contribution in [0, 0.1) is 11.8 Å². The molecule has 3 rings (SSSR count).